The largest absolute Gasteiger partial charge is 0.300 e. The molecule has 2 aliphatic carbocycles. The number of pyridine rings is 1. The Morgan fingerprint density at radius 2 is 1.89 bits per heavy atom. The van der Waals surface area contributed by atoms with E-state index in [0.29, 0.717) is 12.1 Å². The second-order valence-corrected chi connectivity index (χ2v) is 8.09. The summed E-state index contributed by atoms with van der Waals surface area (Å²) in [5, 5.41) is 4.93. The van der Waals surface area contributed by atoms with Crippen LogP contribution >= 0.6 is 12.2 Å². The molecule has 5 nitrogen and oxygen atoms in total. The summed E-state index contributed by atoms with van der Waals surface area (Å²) >= 11 is 5.81. The molecule has 144 valence electrons. The average molecular weight is 392 g/mol. The number of benzene rings is 1. The molecule has 2 aromatic heterocycles. The average Bonchev–Trinajstić information content (AvgIpc) is 3.41. The molecule has 1 atom stereocenters. The number of fused-ring (bicyclic) bond motifs is 1. The van der Waals surface area contributed by atoms with E-state index in [4.69, 9.17) is 17.3 Å². The predicted octanol–water partition coefficient (Wildman–Crippen LogP) is 4.61. The highest BCUT2D eigenvalue weighted by atomic mass is 32.1. The van der Waals surface area contributed by atoms with E-state index < -0.39 is 0 Å². The third-order valence-corrected chi connectivity index (χ3v) is 6.42. The van der Waals surface area contributed by atoms with Crippen LogP contribution in [0.15, 0.2) is 48.8 Å². The summed E-state index contributed by atoms with van der Waals surface area (Å²) in [6, 6.07) is 14.0. The van der Waals surface area contributed by atoms with Crippen molar-refractivity contribution in [1.29, 1.82) is 0 Å². The SMILES string of the molecule is CCn1c(-c2ccncc2)nn(CN(C2CC2)[C@H]2CCc3ccccc32)c1=S. The Bertz CT molecular complexity index is 1030. The molecule has 0 unspecified atom stereocenters. The minimum atomic E-state index is 0.474. The van der Waals surface area contributed by atoms with Crippen LogP contribution in [0, 0.1) is 4.77 Å². The minimum absolute atomic E-state index is 0.474. The maximum absolute atomic E-state index is 5.81. The lowest BCUT2D eigenvalue weighted by atomic mass is 10.1. The fourth-order valence-corrected chi connectivity index (χ4v) is 4.76. The highest BCUT2D eigenvalue weighted by Crippen LogP contribution is 2.42. The third-order valence-electron chi connectivity index (χ3n) is 5.99. The Labute approximate surface area is 170 Å². The van der Waals surface area contributed by atoms with Gasteiger partial charge in [-0.15, -0.1) is 0 Å². The first-order valence-corrected chi connectivity index (χ1v) is 10.6. The number of hydrogen-bond donors (Lipinski definition) is 0. The van der Waals surface area contributed by atoms with E-state index in [0.717, 1.165) is 29.4 Å². The molecule has 5 rings (SSSR count). The van der Waals surface area contributed by atoms with Gasteiger partial charge in [0.25, 0.3) is 0 Å². The molecule has 1 fully saturated rings. The van der Waals surface area contributed by atoms with Crippen molar-refractivity contribution in [1.82, 2.24) is 24.2 Å². The molecule has 6 heteroatoms. The standard InChI is InChI=1S/C22H25N5S/c1-2-25-21(17-11-13-23-14-12-17)24-27(22(25)28)15-26(18-8-9-18)20-10-7-16-5-3-4-6-19(16)20/h3-6,11-14,18,20H,2,7-10,15H2,1H3/t20-/m0/s1. The third kappa shape index (κ3) is 3.10. The van der Waals surface area contributed by atoms with Gasteiger partial charge in [0.2, 0.25) is 0 Å². The van der Waals surface area contributed by atoms with E-state index in [2.05, 4.69) is 45.6 Å². The maximum atomic E-state index is 5.81. The van der Waals surface area contributed by atoms with Crippen molar-refractivity contribution in [2.45, 2.75) is 57.9 Å². The van der Waals surface area contributed by atoms with Gasteiger partial charge in [-0.25, -0.2) is 4.68 Å². The normalized spacial score (nSPS) is 18.6. The van der Waals surface area contributed by atoms with Crippen LogP contribution in [-0.4, -0.2) is 30.3 Å². The summed E-state index contributed by atoms with van der Waals surface area (Å²) in [5.41, 5.74) is 4.05. The van der Waals surface area contributed by atoms with Crippen molar-refractivity contribution in [2.24, 2.45) is 0 Å². The predicted molar refractivity (Wildman–Crippen MR) is 112 cm³/mol. The summed E-state index contributed by atoms with van der Waals surface area (Å²) in [6.07, 6.45) is 8.53. The monoisotopic (exact) mass is 391 g/mol. The van der Waals surface area contributed by atoms with Crippen LogP contribution in [0.5, 0.6) is 0 Å². The topological polar surface area (TPSA) is 38.9 Å². The van der Waals surface area contributed by atoms with E-state index in [9.17, 15) is 0 Å². The number of rotatable bonds is 6. The smallest absolute Gasteiger partial charge is 0.199 e. The Kier molecular flexibility index (Phi) is 4.61. The zero-order valence-corrected chi connectivity index (χ0v) is 17.0. The van der Waals surface area contributed by atoms with Crippen LogP contribution in [0.2, 0.25) is 0 Å². The molecular formula is C22H25N5S. The molecule has 0 bridgehead atoms. The van der Waals surface area contributed by atoms with Gasteiger partial charge in [0.15, 0.2) is 10.6 Å². The summed E-state index contributed by atoms with van der Waals surface area (Å²) in [6.45, 7) is 3.69. The van der Waals surface area contributed by atoms with Gasteiger partial charge in [-0.2, -0.15) is 5.10 Å². The van der Waals surface area contributed by atoms with Crippen LogP contribution in [0.1, 0.15) is 43.4 Å². The zero-order chi connectivity index (χ0) is 19.1. The van der Waals surface area contributed by atoms with Crippen LogP contribution in [-0.2, 0) is 19.6 Å². The van der Waals surface area contributed by atoms with Gasteiger partial charge in [-0.05, 0) is 68.1 Å². The number of aromatic nitrogens is 4. The van der Waals surface area contributed by atoms with E-state index in [1.165, 1.54) is 36.8 Å². The minimum Gasteiger partial charge on any atom is -0.300 e. The van der Waals surface area contributed by atoms with Gasteiger partial charge in [-0.1, -0.05) is 24.3 Å². The number of nitrogens with zero attached hydrogens (tertiary/aromatic N) is 5. The van der Waals surface area contributed by atoms with Crippen molar-refractivity contribution in [3.05, 3.63) is 64.7 Å². The van der Waals surface area contributed by atoms with Crippen molar-refractivity contribution in [2.75, 3.05) is 0 Å². The maximum Gasteiger partial charge on any atom is 0.199 e. The van der Waals surface area contributed by atoms with Crippen molar-refractivity contribution in [3.63, 3.8) is 0 Å². The molecule has 0 aliphatic heterocycles. The quantitative estimate of drug-likeness (QED) is 0.576. The lowest BCUT2D eigenvalue weighted by Crippen LogP contribution is -2.32. The van der Waals surface area contributed by atoms with Crippen LogP contribution < -0.4 is 0 Å². The van der Waals surface area contributed by atoms with Crippen molar-refractivity contribution >= 4 is 12.2 Å². The van der Waals surface area contributed by atoms with Crippen LogP contribution in [0.25, 0.3) is 11.4 Å². The van der Waals surface area contributed by atoms with E-state index in [1.807, 2.05) is 29.2 Å². The van der Waals surface area contributed by atoms with Crippen LogP contribution in [0.3, 0.4) is 0 Å². The second-order valence-electron chi connectivity index (χ2n) is 7.73. The first-order chi connectivity index (χ1) is 13.8. The molecule has 3 aromatic rings. The zero-order valence-electron chi connectivity index (χ0n) is 16.2. The van der Waals surface area contributed by atoms with Gasteiger partial charge >= 0.3 is 0 Å². The first-order valence-electron chi connectivity index (χ1n) is 10.2. The van der Waals surface area contributed by atoms with Gasteiger partial charge in [0.1, 0.15) is 0 Å². The fourth-order valence-electron chi connectivity index (χ4n) is 4.44. The first kappa shape index (κ1) is 17.8. The van der Waals surface area contributed by atoms with Crippen LogP contribution in [0.4, 0.5) is 0 Å². The molecule has 0 radical (unpaired) electrons. The molecule has 2 heterocycles. The summed E-state index contributed by atoms with van der Waals surface area (Å²) < 4.78 is 4.94. The fraction of sp³-hybridized carbons (Fsp3) is 0.409. The Balaban J connectivity index is 1.50. The van der Waals surface area contributed by atoms with E-state index in [-0.39, 0.29) is 0 Å². The Morgan fingerprint density at radius 3 is 2.64 bits per heavy atom. The summed E-state index contributed by atoms with van der Waals surface area (Å²) in [4.78, 5) is 6.76. The molecule has 0 spiro atoms. The summed E-state index contributed by atoms with van der Waals surface area (Å²) in [5.74, 6) is 0.928. The van der Waals surface area contributed by atoms with Crippen molar-refractivity contribution in [3.8, 4) is 11.4 Å². The number of hydrogen-bond acceptors (Lipinski definition) is 4. The molecule has 1 aromatic carbocycles. The van der Waals surface area contributed by atoms with Crippen molar-refractivity contribution < 1.29 is 0 Å². The molecule has 0 amide bonds. The molecule has 1 saturated carbocycles. The van der Waals surface area contributed by atoms with Gasteiger partial charge in [0.05, 0.1) is 6.67 Å². The van der Waals surface area contributed by atoms with Gasteiger partial charge in [-0.3, -0.25) is 9.88 Å². The molecular weight excluding hydrogens is 366 g/mol. The molecule has 0 saturated heterocycles. The second kappa shape index (κ2) is 7.26. The lowest BCUT2D eigenvalue weighted by Gasteiger charge is -2.29. The lowest BCUT2D eigenvalue weighted by molar-refractivity contribution is 0.131. The molecule has 2 aliphatic rings. The Morgan fingerprint density at radius 1 is 1.11 bits per heavy atom. The molecule has 28 heavy (non-hydrogen) atoms. The highest BCUT2D eigenvalue weighted by Gasteiger charge is 2.38. The highest BCUT2D eigenvalue weighted by molar-refractivity contribution is 7.71. The van der Waals surface area contributed by atoms with E-state index in [1.54, 1.807) is 0 Å². The number of aryl methyl sites for hydroxylation is 1. The van der Waals surface area contributed by atoms with Gasteiger partial charge in [0, 0.05) is 36.6 Å². The summed E-state index contributed by atoms with van der Waals surface area (Å²) in [7, 11) is 0. The molecule has 0 N–H and O–H groups in total. The van der Waals surface area contributed by atoms with Gasteiger partial charge < -0.3 is 4.57 Å². The Hall–Kier alpha value is -2.31. The van der Waals surface area contributed by atoms with E-state index >= 15 is 0 Å².